The Kier molecular flexibility index (Phi) is 11.1. The standard InChI is InChI=1S/C19H17FN2O2.C2H6.CH3.Y/c1-12-7-3-5-9-14(12)17-18(23)16(21-22(2)19(17)24)11-13-8-4-6-10-15(13)20;1-2;;/h3-10,23H,11H2,1-2H3;1-2H3;1H3;/q;;-1;. The average Bonchev–Trinajstić information content (AvgIpc) is 2.65. The summed E-state index contributed by atoms with van der Waals surface area (Å²) >= 11 is 0. The third kappa shape index (κ3) is 5.58. The van der Waals surface area contributed by atoms with Crippen LogP contribution in [0.1, 0.15) is 30.7 Å². The Labute approximate surface area is 191 Å². The van der Waals surface area contributed by atoms with E-state index >= 15 is 0 Å². The van der Waals surface area contributed by atoms with E-state index in [1.54, 1.807) is 30.3 Å². The maximum absolute atomic E-state index is 13.9. The zero-order valence-corrected chi connectivity index (χ0v) is 19.9. The van der Waals surface area contributed by atoms with Gasteiger partial charge in [-0.25, -0.2) is 9.07 Å². The molecule has 1 radical (unpaired) electrons. The summed E-state index contributed by atoms with van der Waals surface area (Å²) in [4.78, 5) is 12.5. The molecule has 1 N–H and O–H groups in total. The van der Waals surface area contributed by atoms with Crippen molar-refractivity contribution in [3.8, 4) is 16.9 Å². The third-order valence-electron chi connectivity index (χ3n) is 4.02. The van der Waals surface area contributed by atoms with Gasteiger partial charge in [0.2, 0.25) is 0 Å². The van der Waals surface area contributed by atoms with Crippen molar-refractivity contribution in [1.82, 2.24) is 9.78 Å². The molecule has 0 fully saturated rings. The number of rotatable bonds is 3. The smallest absolute Gasteiger partial charge is 0.278 e. The number of halogens is 1. The van der Waals surface area contributed by atoms with Crippen LogP contribution in [0.4, 0.5) is 4.39 Å². The minimum atomic E-state index is -0.390. The zero-order chi connectivity index (χ0) is 19.3. The fourth-order valence-corrected chi connectivity index (χ4v) is 2.72. The van der Waals surface area contributed by atoms with Crippen LogP contribution in [0.25, 0.3) is 11.1 Å². The molecule has 3 aromatic rings. The summed E-state index contributed by atoms with van der Waals surface area (Å²) in [5.74, 6) is -0.569. The third-order valence-corrected chi connectivity index (χ3v) is 4.02. The molecule has 6 heteroatoms. The van der Waals surface area contributed by atoms with E-state index in [0.29, 0.717) is 11.1 Å². The number of nitrogens with zero attached hydrogens (tertiary/aromatic N) is 2. The van der Waals surface area contributed by atoms with E-state index in [4.69, 9.17) is 0 Å². The van der Waals surface area contributed by atoms with Crippen molar-refractivity contribution < 1.29 is 42.2 Å². The van der Waals surface area contributed by atoms with Crippen LogP contribution in [0.3, 0.4) is 0 Å². The van der Waals surface area contributed by atoms with Gasteiger partial charge in [-0.2, -0.15) is 5.10 Å². The van der Waals surface area contributed by atoms with Gasteiger partial charge in [-0.15, -0.1) is 0 Å². The molecule has 0 spiro atoms. The number of aromatic nitrogens is 2. The molecule has 1 heterocycles. The van der Waals surface area contributed by atoms with Crippen molar-refractivity contribution in [2.75, 3.05) is 0 Å². The summed E-state index contributed by atoms with van der Waals surface area (Å²) in [7, 11) is 1.52. The summed E-state index contributed by atoms with van der Waals surface area (Å²) < 4.78 is 15.1. The molecule has 0 saturated heterocycles. The molecule has 4 nitrogen and oxygen atoms in total. The maximum Gasteiger partial charge on any atom is 0.278 e. The van der Waals surface area contributed by atoms with E-state index < -0.39 is 0 Å². The Morgan fingerprint density at radius 2 is 1.64 bits per heavy atom. The van der Waals surface area contributed by atoms with Crippen molar-refractivity contribution in [2.24, 2.45) is 7.05 Å². The number of benzene rings is 2. The van der Waals surface area contributed by atoms with Crippen LogP contribution in [0.5, 0.6) is 5.75 Å². The van der Waals surface area contributed by atoms with Gasteiger partial charge >= 0.3 is 0 Å². The Bertz CT molecular complexity index is 971. The van der Waals surface area contributed by atoms with E-state index in [1.807, 2.05) is 32.9 Å². The Morgan fingerprint density at radius 3 is 2.25 bits per heavy atom. The summed E-state index contributed by atoms with van der Waals surface area (Å²) in [5, 5.41) is 14.7. The molecule has 0 aliphatic heterocycles. The van der Waals surface area contributed by atoms with Crippen LogP contribution >= 0.6 is 0 Å². The first-order valence-electron chi connectivity index (χ1n) is 8.57. The van der Waals surface area contributed by atoms with Gasteiger partial charge < -0.3 is 12.5 Å². The van der Waals surface area contributed by atoms with Crippen LogP contribution in [-0.2, 0) is 46.2 Å². The Hall–Kier alpha value is -1.85. The van der Waals surface area contributed by atoms with Gasteiger partial charge in [-0.3, -0.25) is 4.79 Å². The fraction of sp³-hybridized carbons (Fsp3) is 0.227. The van der Waals surface area contributed by atoms with Crippen molar-refractivity contribution >= 4 is 0 Å². The minimum absolute atomic E-state index is 0. The Morgan fingerprint density at radius 1 is 1.07 bits per heavy atom. The molecular weight excluding hydrogens is 432 g/mol. The maximum atomic E-state index is 13.9. The van der Waals surface area contributed by atoms with Gasteiger partial charge in [0, 0.05) is 46.2 Å². The first kappa shape index (κ1) is 26.2. The molecule has 0 amide bonds. The van der Waals surface area contributed by atoms with Crippen molar-refractivity contribution in [3.05, 3.63) is 88.9 Å². The Balaban J connectivity index is 0.00000177. The van der Waals surface area contributed by atoms with E-state index in [2.05, 4.69) is 5.10 Å². The van der Waals surface area contributed by atoms with Gasteiger partial charge in [-0.05, 0) is 29.7 Å². The summed E-state index contributed by atoms with van der Waals surface area (Å²) in [5.41, 5.74) is 1.99. The minimum Gasteiger partial charge on any atom is -0.505 e. The van der Waals surface area contributed by atoms with Crippen LogP contribution in [-0.4, -0.2) is 14.9 Å². The second-order valence-corrected chi connectivity index (χ2v) is 5.68. The van der Waals surface area contributed by atoms with Gasteiger partial charge in [-0.1, -0.05) is 56.3 Å². The van der Waals surface area contributed by atoms with Crippen LogP contribution < -0.4 is 5.56 Å². The van der Waals surface area contributed by atoms with E-state index in [-0.39, 0.29) is 74.9 Å². The second kappa shape index (κ2) is 11.9. The second-order valence-electron chi connectivity index (χ2n) is 5.68. The number of aryl methyl sites for hydroxylation is 2. The number of hydrogen-bond acceptors (Lipinski definition) is 3. The van der Waals surface area contributed by atoms with Gasteiger partial charge in [0.25, 0.3) is 5.56 Å². The van der Waals surface area contributed by atoms with E-state index in [9.17, 15) is 14.3 Å². The molecule has 0 aliphatic carbocycles. The van der Waals surface area contributed by atoms with Crippen LogP contribution in [0.15, 0.2) is 53.3 Å². The molecule has 0 aliphatic rings. The predicted molar refractivity (Wildman–Crippen MR) is 108 cm³/mol. The molecule has 1 aromatic heterocycles. The summed E-state index contributed by atoms with van der Waals surface area (Å²) in [6.07, 6.45) is 0.103. The average molecular weight is 458 g/mol. The van der Waals surface area contributed by atoms with Crippen LogP contribution in [0, 0.1) is 20.2 Å². The molecule has 2 aromatic carbocycles. The quantitative estimate of drug-likeness (QED) is 0.581. The summed E-state index contributed by atoms with van der Waals surface area (Å²) in [6.45, 7) is 5.87. The van der Waals surface area contributed by atoms with Crippen LogP contribution in [0.2, 0.25) is 0 Å². The molecule has 0 saturated carbocycles. The first-order chi connectivity index (χ1) is 12.5. The molecule has 28 heavy (non-hydrogen) atoms. The normalized spacial score (nSPS) is 9.46. The van der Waals surface area contributed by atoms with Crippen molar-refractivity contribution in [2.45, 2.75) is 27.2 Å². The van der Waals surface area contributed by atoms with Gasteiger partial charge in [0.1, 0.15) is 11.5 Å². The van der Waals surface area contributed by atoms with Crippen molar-refractivity contribution in [1.29, 1.82) is 0 Å². The van der Waals surface area contributed by atoms with E-state index in [1.165, 1.54) is 17.8 Å². The zero-order valence-electron chi connectivity index (χ0n) is 17.0. The SMILES string of the molecule is CC.Cc1ccccc1-c1c(O)c(Cc2ccccc2F)nn(C)c1=O.[CH3-].[Y]. The van der Waals surface area contributed by atoms with Gasteiger partial charge in [0.15, 0.2) is 5.75 Å². The van der Waals surface area contributed by atoms with Gasteiger partial charge in [0.05, 0.1) is 5.56 Å². The number of hydrogen-bond donors (Lipinski definition) is 1. The number of aromatic hydroxyl groups is 1. The molecule has 0 atom stereocenters. The monoisotopic (exact) mass is 458 g/mol. The molecule has 3 rings (SSSR count). The fourth-order valence-electron chi connectivity index (χ4n) is 2.72. The molecule has 0 bridgehead atoms. The predicted octanol–water partition coefficient (Wildman–Crippen LogP) is 4.67. The van der Waals surface area contributed by atoms with Crippen molar-refractivity contribution in [3.63, 3.8) is 0 Å². The first-order valence-corrected chi connectivity index (χ1v) is 8.57. The summed E-state index contributed by atoms with van der Waals surface area (Å²) in [6, 6.07) is 13.6. The molecule has 147 valence electrons. The largest absolute Gasteiger partial charge is 0.505 e. The topological polar surface area (TPSA) is 55.1 Å². The molecule has 0 unspecified atom stereocenters. The van der Waals surface area contributed by atoms with E-state index in [0.717, 1.165) is 5.56 Å². The molecular formula is C22H26FN2O2Y-.